The van der Waals surface area contributed by atoms with Gasteiger partial charge in [0.15, 0.2) is 11.6 Å². The summed E-state index contributed by atoms with van der Waals surface area (Å²) in [5.74, 6) is -1.96. The van der Waals surface area contributed by atoms with Crippen molar-refractivity contribution in [3.05, 3.63) is 47.2 Å². The Morgan fingerprint density at radius 2 is 1.84 bits per heavy atom. The van der Waals surface area contributed by atoms with Crippen LogP contribution in [-0.2, 0) is 11.2 Å². The average molecular weight is 607 g/mol. The van der Waals surface area contributed by atoms with Crippen LogP contribution in [0.1, 0.15) is 41.7 Å². The van der Waals surface area contributed by atoms with Gasteiger partial charge in [0.1, 0.15) is 17.3 Å². The number of ether oxygens (including phenoxy) is 2. The normalized spacial score (nSPS) is 24.5. The molecule has 12 heteroatoms. The molecule has 1 saturated carbocycles. The lowest BCUT2D eigenvalue weighted by Gasteiger charge is -2.37. The fourth-order valence-electron chi connectivity index (χ4n) is 7.39. The third-order valence-corrected chi connectivity index (χ3v) is 9.90. The number of anilines is 2. The minimum atomic E-state index is -1.06. The first-order valence-electron chi connectivity index (χ1n) is 15.6. The Labute approximate surface area is 253 Å². The third kappa shape index (κ3) is 5.02. The molecule has 3 saturated heterocycles. The number of benzene rings is 2. The van der Waals surface area contributed by atoms with Crippen LogP contribution in [0.5, 0.6) is 11.8 Å². The Morgan fingerprint density at radius 1 is 1.07 bits per heavy atom. The van der Waals surface area contributed by atoms with Gasteiger partial charge in [0.2, 0.25) is 0 Å². The van der Waals surface area contributed by atoms with Crippen molar-refractivity contribution in [3.63, 3.8) is 0 Å². The SMILES string of the molecule is O=C1c2nc(OCC3(CN4CCOCC4)CC3)nc(N3C[C@H]4CC[C@@H](C3)N4)c2CCN1c1cc(O)cc2ccc(F)c(F)c12. The number of halogens is 2. The van der Waals surface area contributed by atoms with E-state index in [0.717, 1.165) is 83.3 Å². The quantitative estimate of drug-likeness (QED) is 0.420. The van der Waals surface area contributed by atoms with Crippen molar-refractivity contribution < 1.29 is 28.2 Å². The summed E-state index contributed by atoms with van der Waals surface area (Å²) in [6.07, 6.45) is 4.74. The summed E-state index contributed by atoms with van der Waals surface area (Å²) in [6, 6.07) is 5.96. The molecule has 0 unspecified atom stereocenters. The van der Waals surface area contributed by atoms with Crippen molar-refractivity contribution in [1.29, 1.82) is 0 Å². The van der Waals surface area contributed by atoms with E-state index in [-0.39, 0.29) is 40.5 Å². The second-order valence-corrected chi connectivity index (χ2v) is 13.0. The number of hydrogen-bond donors (Lipinski definition) is 2. The zero-order chi connectivity index (χ0) is 30.0. The van der Waals surface area contributed by atoms with Crippen LogP contribution in [0.4, 0.5) is 20.3 Å². The number of aromatic hydroxyl groups is 1. The molecule has 1 aliphatic carbocycles. The number of phenolic OH excluding ortho intramolecular Hbond substituents is 1. The molecule has 4 fully saturated rings. The van der Waals surface area contributed by atoms with Gasteiger partial charge >= 0.3 is 6.01 Å². The Kier molecular flexibility index (Phi) is 6.84. The maximum atomic E-state index is 15.1. The number of nitrogens with zero attached hydrogens (tertiary/aromatic N) is 5. The molecule has 5 heterocycles. The van der Waals surface area contributed by atoms with Crippen LogP contribution in [0.2, 0.25) is 0 Å². The molecular formula is C32H36F2N6O4. The van der Waals surface area contributed by atoms with Gasteiger partial charge in [-0.3, -0.25) is 9.69 Å². The average Bonchev–Trinajstić information content (AvgIpc) is 3.71. The van der Waals surface area contributed by atoms with Crippen molar-refractivity contribution >= 4 is 28.2 Å². The van der Waals surface area contributed by atoms with Gasteiger partial charge in [0.25, 0.3) is 5.91 Å². The van der Waals surface area contributed by atoms with E-state index in [1.807, 2.05) is 0 Å². The first-order valence-corrected chi connectivity index (χ1v) is 15.6. The fourth-order valence-corrected chi connectivity index (χ4v) is 7.39. The molecule has 44 heavy (non-hydrogen) atoms. The highest BCUT2D eigenvalue weighted by Gasteiger charge is 2.45. The zero-order valence-electron chi connectivity index (χ0n) is 24.5. The van der Waals surface area contributed by atoms with Crippen LogP contribution in [0, 0.1) is 17.0 Å². The summed E-state index contributed by atoms with van der Waals surface area (Å²) >= 11 is 0. The molecule has 3 aromatic rings. The smallest absolute Gasteiger partial charge is 0.319 e. The number of phenols is 1. The van der Waals surface area contributed by atoms with E-state index in [1.165, 1.54) is 23.1 Å². The zero-order valence-corrected chi connectivity index (χ0v) is 24.5. The summed E-state index contributed by atoms with van der Waals surface area (Å²) in [5, 5.41) is 14.3. The van der Waals surface area contributed by atoms with Gasteiger partial charge in [-0.25, -0.2) is 8.78 Å². The summed E-state index contributed by atoms with van der Waals surface area (Å²) in [6.45, 7) is 6.44. The molecular weight excluding hydrogens is 570 g/mol. The fraction of sp³-hybridized carbons (Fsp3) is 0.531. The maximum Gasteiger partial charge on any atom is 0.319 e. The van der Waals surface area contributed by atoms with E-state index in [4.69, 9.17) is 14.5 Å². The Morgan fingerprint density at radius 3 is 2.59 bits per heavy atom. The number of piperazine rings is 1. The number of aromatic nitrogens is 2. The second-order valence-electron chi connectivity index (χ2n) is 13.0. The van der Waals surface area contributed by atoms with Gasteiger partial charge < -0.3 is 29.7 Å². The van der Waals surface area contributed by atoms with Crippen molar-refractivity contribution in [2.45, 2.75) is 44.2 Å². The molecule has 2 bridgehead atoms. The summed E-state index contributed by atoms with van der Waals surface area (Å²) in [7, 11) is 0. The van der Waals surface area contributed by atoms with Gasteiger partial charge in [-0.1, -0.05) is 6.07 Å². The van der Waals surface area contributed by atoms with Crippen LogP contribution in [-0.4, -0.2) is 97.1 Å². The minimum Gasteiger partial charge on any atom is -0.508 e. The van der Waals surface area contributed by atoms with Gasteiger partial charge in [0.05, 0.1) is 25.5 Å². The minimum absolute atomic E-state index is 0.0308. The predicted octanol–water partition coefficient (Wildman–Crippen LogP) is 3.25. The topological polar surface area (TPSA) is 103 Å². The largest absolute Gasteiger partial charge is 0.508 e. The highest BCUT2D eigenvalue weighted by Crippen LogP contribution is 2.47. The van der Waals surface area contributed by atoms with Crippen LogP contribution >= 0.6 is 0 Å². The van der Waals surface area contributed by atoms with Crippen molar-refractivity contribution in [1.82, 2.24) is 20.2 Å². The molecule has 0 spiro atoms. The van der Waals surface area contributed by atoms with Crippen LogP contribution in [0.3, 0.4) is 0 Å². The van der Waals surface area contributed by atoms with Crippen LogP contribution < -0.4 is 19.9 Å². The van der Waals surface area contributed by atoms with E-state index in [0.29, 0.717) is 36.3 Å². The molecule has 1 aromatic heterocycles. The lowest BCUT2D eigenvalue weighted by Crippen LogP contribution is -2.52. The van der Waals surface area contributed by atoms with Crippen molar-refractivity contribution in [3.8, 4) is 11.8 Å². The standard InChI is InChI=1S/C32H36F2N6O4/c33-24-4-1-19-13-22(41)14-25(26(19)27(24)34)40-8-5-23-28(30(40)42)36-31(37-29(23)39-15-20-2-3-21(16-39)35-20)44-18-32(6-7-32)17-38-9-11-43-12-10-38/h1,4,13-14,20-21,35,41H,2-3,5-12,15-18H2/t20-,21+. The predicted molar refractivity (Wildman–Crippen MR) is 160 cm³/mol. The molecule has 2 N–H and O–H groups in total. The number of carbonyl (C=O) groups excluding carboxylic acids is 1. The van der Waals surface area contributed by atoms with Gasteiger partial charge in [-0.15, -0.1) is 0 Å². The molecule has 0 radical (unpaired) electrons. The lowest BCUT2D eigenvalue weighted by molar-refractivity contribution is 0.0231. The third-order valence-electron chi connectivity index (χ3n) is 9.90. The highest BCUT2D eigenvalue weighted by atomic mass is 19.2. The molecule has 232 valence electrons. The Hall–Kier alpha value is -3.61. The summed E-state index contributed by atoms with van der Waals surface area (Å²) < 4.78 is 41.3. The molecule has 2 aromatic carbocycles. The van der Waals surface area contributed by atoms with Crippen molar-refractivity contribution in [2.24, 2.45) is 5.41 Å². The Bertz CT molecular complexity index is 1620. The number of fused-ring (bicyclic) bond motifs is 4. The molecule has 5 aliphatic rings. The summed E-state index contributed by atoms with van der Waals surface area (Å²) in [4.78, 5) is 29.8. The monoisotopic (exact) mass is 606 g/mol. The molecule has 4 aliphatic heterocycles. The number of amides is 1. The maximum absolute atomic E-state index is 15.1. The molecule has 1 amide bonds. The number of morpholine rings is 1. The van der Waals surface area contributed by atoms with E-state index < -0.39 is 17.5 Å². The van der Waals surface area contributed by atoms with Crippen LogP contribution in [0.15, 0.2) is 24.3 Å². The highest BCUT2D eigenvalue weighted by molar-refractivity contribution is 6.12. The molecule has 2 atom stereocenters. The first kappa shape index (κ1) is 27.9. The number of nitrogens with one attached hydrogen (secondary N) is 1. The number of hydrogen-bond acceptors (Lipinski definition) is 9. The van der Waals surface area contributed by atoms with Gasteiger partial charge in [-0.05, 0) is 49.6 Å². The number of carbonyl (C=O) groups is 1. The van der Waals surface area contributed by atoms with E-state index in [2.05, 4.69) is 20.1 Å². The Balaban J connectivity index is 1.14. The van der Waals surface area contributed by atoms with E-state index in [9.17, 15) is 14.3 Å². The van der Waals surface area contributed by atoms with Gasteiger partial charge in [0, 0.05) is 73.8 Å². The second kappa shape index (κ2) is 10.8. The van der Waals surface area contributed by atoms with E-state index in [1.54, 1.807) is 0 Å². The van der Waals surface area contributed by atoms with Crippen LogP contribution in [0.25, 0.3) is 10.8 Å². The molecule has 10 nitrogen and oxygen atoms in total. The lowest BCUT2D eigenvalue weighted by atomic mass is 10.0. The molecule has 8 rings (SSSR count). The van der Waals surface area contributed by atoms with Gasteiger partial charge in [-0.2, -0.15) is 9.97 Å². The summed E-state index contributed by atoms with van der Waals surface area (Å²) in [5.41, 5.74) is 1.08. The van der Waals surface area contributed by atoms with Crippen molar-refractivity contribution in [2.75, 3.05) is 68.9 Å². The van der Waals surface area contributed by atoms with E-state index >= 15 is 4.39 Å². The first-order chi connectivity index (χ1) is 21.4. The number of rotatable bonds is 7.